The van der Waals surface area contributed by atoms with E-state index in [1.165, 1.54) is 5.56 Å². The Labute approximate surface area is 172 Å². The van der Waals surface area contributed by atoms with E-state index in [9.17, 15) is 0 Å². The minimum Gasteiger partial charge on any atom is -0.430 e. The van der Waals surface area contributed by atoms with E-state index in [2.05, 4.69) is 54.9 Å². The molecule has 5 nitrogen and oxygen atoms in total. The number of hydrogen-bond donors (Lipinski definition) is 1. The summed E-state index contributed by atoms with van der Waals surface area (Å²) >= 11 is 0. The van der Waals surface area contributed by atoms with Gasteiger partial charge in [-0.05, 0) is 32.4 Å². The van der Waals surface area contributed by atoms with E-state index in [1.807, 2.05) is 25.1 Å². The Balaban J connectivity index is 0.00000256. The van der Waals surface area contributed by atoms with E-state index in [4.69, 9.17) is 14.7 Å². The van der Waals surface area contributed by atoms with Crippen LogP contribution in [0.15, 0.2) is 43.0 Å². The summed E-state index contributed by atoms with van der Waals surface area (Å²) in [7, 11) is 0. The Morgan fingerprint density at radius 1 is 1.13 bits per heavy atom. The molecule has 1 unspecified atom stereocenters. The minimum absolute atomic E-state index is 0. The van der Waals surface area contributed by atoms with Crippen molar-refractivity contribution >= 4 is 22.5 Å². The number of nitrogens with zero attached hydrogens (tertiary/aromatic N) is 3. The largest absolute Gasteiger partial charge is 0.430 e. The number of fused-ring (bicyclic) bond motifs is 1. The van der Waals surface area contributed by atoms with Crippen LogP contribution in [0.25, 0.3) is 11.0 Å². The van der Waals surface area contributed by atoms with E-state index >= 15 is 0 Å². The number of anilines is 2. The van der Waals surface area contributed by atoms with Gasteiger partial charge in [0, 0.05) is 24.7 Å². The molecule has 3 aromatic rings. The fourth-order valence-electron chi connectivity index (χ4n) is 3.89. The van der Waals surface area contributed by atoms with Crippen LogP contribution in [-0.2, 0) is 4.74 Å². The summed E-state index contributed by atoms with van der Waals surface area (Å²) in [4.78, 5) is 12.3. The average molecular weight is 635 g/mol. The van der Waals surface area contributed by atoms with Crippen LogP contribution in [0.1, 0.15) is 35.3 Å². The molecule has 1 N–H and O–H groups in total. The van der Waals surface area contributed by atoms with Crippen molar-refractivity contribution in [1.82, 2.24) is 9.97 Å². The van der Waals surface area contributed by atoms with Gasteiger partial charge in [0.15, 0.2) is 5.82 Å². The third kappa shape index (κ3) is 3.94. The number of ether oxygens (including phenoxy) is 1. The van der Waals surface area contributed by atoms with Gasteiger partial charge < -0.3 is 15.0 Å². The second-order valence-corrected chi connectivity index (χ2v) is 7.54. The molecule has 0 saturated carbocycles. The van der Waals surface area contributed by atoms with Crippen molar-refractivity contribution in [2.24, 2.45) is 0 Å². The summed E-state index contributed by atoms with van der Waals surface area (Å²) in [6.45, 7) is 13.3. The van der Waals surface area contributed by atoms with Gasteiger partial charge in [-0.15, -0.1) is 6.07 Å². The van der Waals surface area contributed by atoms with Gasteiger partial charge in [0.1, 0.15) is 0 Å². The normalized spacial score (nSPS) is 14.8. The van der Waals surface area contributed by atoms with Crippen molar-refractivity contribution in [1.29, 1.82) is 0 Å². The molecule has 0 aliphatic carbocycles. The summed E-state index contributed by atoms with van der Waals surface area (Å²) in [5, 5.41) is 3.61. The smallest absolute Gasteiger partial charge is 0.150 e. The topological polar surface area (TPSA) is 50.3 Å². The average Bonchev–Trinajstić information content (AvgIpc) is 2.73. The Morgan fingerprint density at radius 3 is 2.60 bits per heavy atom. The summed E-state index contributed by atoms with van der Waals surface area (Å²) in [5.41, 5.74) is 7.14. The maximum absolute atomic E-state index is 5.50. The quantitative estimate of drug-likeness (QED) is 0.417. The van der Waals surface area contributed by atoms with Gasteiger partial charge in [0.05, 0.1) is 29.9 Å². The molecule has 4 rings (SSSR count). The number of nitrogens with one attached hydrogen (secondary N) is 1. The molecule has 0 amide bonds. The molecule has 1 saturated heterocycles. The first-order valence-electron chi connectivity index (χ1n) is 10.1. The van der Waals surface area contributed by atoms with E-state index in [1.54, 1.807) is 0 Å². The summed E-state index contributed by atoms with van der Waals surface area (Å²) in [5.74, 6) is 0.956. The second-order valence-electron chi connectivity index (χ2n) is 7.54. The molecular formula is C24H27CmN4O-. The van der Waals surface area contributed by atoms with Gasteiger partial charge in [-0.2, -0.15) is 24.3 Å². The van der Waals surface area contributed by atoms with Crippen LogP contribution >= 0.6 is 0 Å². The third-order valence-corrected chi connectivity index (χ3v) is 5.36. The van der Waals surface area contributed by atoms with Gasteiger partial charge in [0.2, 0.25) is 0 Å². The zero-order valence-corrected chi connectivity index (χ0v) is 20.6. The van der Waals surface area contributed by atoms with Gasteiger partial charge in [-0.3, -0.25) is 0 Å². The molecule has 6 heteroatoms. The fourth-order valence-corrected chi connectivity index (χ4v) is 3.89. The number of hydrogen-bond acceptors (Lipinski definition) is 5. The number of aryl methyl sites for hydroxylation is 2. The molecule has 1 fully saturated rings. The van der Waals surface area contributed by atoms with Crippen molar-refractivity contribution in [3.63, 3.8) is 0 Å². The minimum atomic E-state index is 0. The van der Waals surface area contributed by atoms with E-state index < -0.39 is 0 Å². The SMILES string of the molecule is C=[C-]c1ccccc1NC(C)c1cc(C)cc2nc(C)c(N3CCOCC3)nc12.[Cm]. The van der Waals surface area contributed by atoms with E-state index in [-0.39, 0.29) is 6.04 Å². The van der Waals surface area contributed by atoms with Gasteiger partial charge in [0.25, 0.3) is 0 Å². The molecule has 1 aromatic heterocycles. The van der Waals surface area contributed by atoms with Crippen LogP contribution in [0.5, 0.6) is 0 Å². The Bertz CT molecular complexity index is 1050. The Morgan fingerprint density at radius 2 is 1.87 bits per heavy atom. The van der Waals surface area contributed by atoms with Crippen molar-refractivity contribution in [3.8, 4) is 0 Å². The number of morpholine rings is 1. The summed E-state index contributed by atoms with van der Waals surface area (Å²) in [6, 6.07) is 12.4. The molecule has 0 radical (unpaired) electrons. The Hall–Kier alpha value is -3.92. The number of aromatic nitrogens is 2. The van der Waals surface area contributed by atoms with Crippen LogP contribution in [-0.4, -0.2) is 36.3 Å². The van der Waals surface area contributed by atoms with E-state index in [0.717, 1.165) is 65.7 Å². The third-order valence-electron chi connectivity index (χ3n) is 5.36. The van der Waals surface area contributed by atoms with Crippen molar-refractivity contribution < 1.29 is 4.74 Å². The van der Waals surface area contributed by atoms with Crippen LogP contribution in [0.4, 0.5) is 11.5 Å². The molecular weight excluding hydrogens is 607 g/mol. The standard InChI is InChI=1S/C24H27N4O.Cm/c1-5-19-8-6-7-9-21(19)25-17(3)20-14-16(2)15-22-23(20)27-24(18(4)26-22)28-10-12-29-13-11-28;/h6-9,14-15,17,25H,1,10-13H2,2-4H3;/q-1;. The van der Waals surface area contributed by atoms with Crippen molar-refractivity contribution in [3.05, 3.63) is 71.4 Å². The van der Waals surface area contributed by atoms with Crippen LogP contribution in [0, 0.1) is 19.9 Å². The van der Waals surface area contributed by atoms with Crippen LogP contribution in [0.3, 0.4) is 0 Å². The monoisotopic (exact) mass is 630 g/mol. The van der Waals surface area contributed by atoms with Crippen molar-refractivity contribution in [2.75, 3.05) is 36.5 Å². The number of benzene rings is 2. The molecule has 158 valence electrons. The number of para-hydroxylation sites is 1. The van der Waals surface area contributed by atoms with Crippen LogP contribution < -0.4 is 10.2 Å². The van der Waals surface area contributed by atoms with Crippen LogP contribution in [0.2, 0.25) is 0 Å². The molecule has 1 aliphatic heterocycles. The molecule has 1 atom stereocenters. The molecule has 30 heavy (non-hydrogen) atoms. The van der Waals surface area contributed by atoms with Gasteiger partial charge >= 0.3 is 0 Å². The molecule has 0 spiro atoms. The maximum atomic E-state index is 5.50. The fraction of sp³-hybridized carbons (Fsp3) is 0.333. The molecule has 2 heterocycles. The van der Waals surface area contributed by atoms with Gasteiger partial charge in [-0.1, -0.05) is 23.9 Å². The zero-order chi connectivity index (χ0) is 20.4. The first kappa shape index (κ1) is 20.8. The molecule has 0 bridgehead atoms. The summed E-state index contributed by atoms with van der Waals surface area (Å²) < 4.78 is 5.50. The summed E-state index contributed by atoms with van der Waals surface area (Å²) in [6.07, 6.45) is 3.00. The number of rotatable bonds is 5. The molecule has 1 aliphatic rings. The zero-order valence-electron chi connectivity index (χ0n) is 17.7. The van der Waals surface area contributed by atoms with Gasteiger partial charge in [-0.25, -0.2) is 9.97 Å². The first-order chi connectivity index (χ1) is 14.1. The van der Waals surface area contributed by atoms with Crippen molar-refractivity contribution in [2.45, 2.75) is 26.8 Å². The first-order valence-corrected chi connectivity index (χ1v) is 10.1. The predicted molar refractivity (Wildman–Crippen MR) is 118 cm³/mol. The second kappa shape index (κ2) is 8.62. The predicted octanol–water partition coefficient (Wildman–Crippen LogP) is 4.59. The molecule has 2 aromatic carbocycles. The maximum Gasteiger partial charge on any atom is 0.150 e. The Kier molecular flexibility index (Phi) is 5.98. The van der Waals surface area contributed by atoms with E-state index in [0.29, 0.717) is 0 Å².